The van der Waals surface area contributed by atoms with E-state index >= 15 is 0 Å². The molecule has 1 heterocycles. The predicted octanol–water partition coefficient (Wildman–Crippen LogP) is 2.28. The molecule has 0 bridgehead atoms. The zero-order chi connectivity index (χ0) is 12.4. The van der Waals surface area contributed by atoms with E-state index in [-0.39, 0.29) is 22.3 Å². The fraction of sp³-hybridized carbons (Fsp3) is 0.333. The number of ketones is 1. The molecule has 1 saturated heterocycles. The first-order valence-corrected chi connectivity index (χ1v) is 5.72. The van der Waals surface area contributed by atoms with Gasteiger partial charge in [0.25, 0.3) is 5.91 Å². The van der Waals surface area contributed by atoms with E-state index in [1.807, 2.05) is 0 Å². The Morgan fingerprint density at radius 3 is 2.59 bits per heavy atom. The second-order valence-electron chi connectivity index (χ2n) is 3.93. The molecule has 1 fully saturated rings. The number of carbonyl (C=O) groups is 2. The highest BCUT2D eigenvalue weighted by Crippen LogP contribution is 2.22. The smallest absolute Gasteiger partial charge is 0.255 e. The summed E-state index contributed by atoms with van der Waals surface area (Å²) in [5, 5.41) is -0.158. The number of nitrogens with zero attached hydrogens (tertiary/aromatic N) is 1. The third-order valence-electron chi connectivity index (χ3n) is 2.79. The summed E-state index contributed by atoms with van der Waals surface area (Å²) in [6, 6.07) is 4.15. The van der Waals surface area contributed by atoms with Crippen LogP contribution in [0.15, 0.2) is 18.2 Å². The number of hydrogen-bond donors (Lipinski definition) is 0. The Morgan fingerprint density at radius 2 is 1.94 bits per heavy atom. The van der Waals surface area contributed by atoms with Crippen LogP contribution >= 0.6 is 11.6 Å². The Morgan fingerprint density at radius 1 is 1.29 bits per heavy atom. The van der Waals surface area contributed by atoms with E-state index in [4.69, 9.17) is 11.6 Å². The lowest BCUT2D eigenvalue weighted by atomic mass is 10.1. The summed E-state index contributed by atoms with van der Waals surface area (Å²) in [5.41, 5.74) is 0.154. The predicted molar refractivity (Wildman–Crippen MR) is 61.6 cm³/mol. The lowest BCUT2D eigenvalue weighted by Gasteiger charge is -2.26. The van der Waals surface area contributed by atoms with Crippen molar-refractivity contribution in [2.24, 2.45) is 0 Å². The quantitative estimate of drug-likeness (QED) is 0.772. The van der Waals surface area contributed by atoms with Crippen molar-refractivity contribution < 1.29 is 14.0 Å². The van der Waals surface area contributed by atoms with Crippen LogP contribution in [0.25, 0.3) is 0 Å². The van der Waals surface area contributed by atoms with Crippen LogP contribution in [0.5, 0.6) is 0 Å². The van der Waals surface area contributed by atoms with Crippen LogP contribution < -0.4 is 0 Å². The van der Waals surface area contributed by atoms with E-state index in [0.29, 0.717) is 25.9 Å². The highest BCUT2D eigenvalue weighted by molar-refractivity contribution is 6.34. The molecule has 2 rings (SSSR count). The summed E-state index contributed by atoms with van der Waals surface area (Å²) in [7, 11) is 0. The third kappa shape index (κ3) is 2.47. The molecular weight excluding hydrogens is 245 g/mol. The molecule has 1 aromatic carbocycles. The second kappa shape index (κ2) is 4.84. The lowest BCUT2D eigenvalue weighted by molar-refractivity contribution is -0.120. The molecule has 0 saturated carbocycles. The van der Waals surface area contributed by atoms with Gasteiger partial charge in [0.15, 0.2) is 0 Å². The largest absolute Gasteiger partial charge is 0.338 e. The Kier molecular flexibility index (Phi) is 3.43. The van der Waals surface area contributed by atoms with Crippen LogP contribution in [-0.4, -0.2) is 29.7 Å². The number of Topliss-reactive ketones (excluding diaryl/α,β-unsaturated/α-hetero) is 1. The summed E-state index contributed by atoms with van der Waals surface area (Å²) < 4.78 is 13.2. The molecule has 17 heavy (non-hydrogen) atoms. The number of piperidine rings is 1. The minimum atomic E-state index is -0.606. The van der Waals surface area contributed by atoms with E-state index < -0.39 is 5.82 Å². The van der Waals surface area contributed by atoms with Crippen molar-refractivity contribution in [2.45, 2.75) is 12.8 Å². The standard InChI is InChI=1S/C12H11ClFNO2/c13-11-9(2-1-3-10(11)14)12(17)15-6-4-8(16)5-7-15/h1-3H,4-7H2. The van der Waals surface area contributed by atoms with Crippen LogP contribution in [0.1, 0.15) is 23.2 Å². The first kappa shape index (κ1) is 12.0. The second-order valence-corrected chi connectivity index (χ2v) is 4.31. The highest BCUT2D eigenvalue weighted by Gasteiger charge is 2.24. The average molecular weight is 256 g/mol. The Hall–Kier alpha value is -1.42. The third-order valence-corrected chi connectivity index (χ3v) is 3.17. The summed E-state index contributed by atoms with van der Waals surface area (Å²) in [4.78, 5) is 24.6. The van der Waals surface area contributed by atoms with Gasteiger partial charge >= 0.3 is 0 Å². The monoisotopic (exact) mass is 255 g/mol. The number of halogens is 2. The first-order valence-electron chi connectivity index (χ1n) is 5.34. The molecule has 0 unspecified atom stereocenters. The molecule has 0 aliphatic carbocycles. The van der Waals surface area contributed by atoms with E-state index in [1.165, 1.54) is 23.1 Å². The highest BCUT2D eigenvalue weighted by atomic mass is 35.5. The van der Waals surface area contributed by atoms with Gasteiger partial charge in [-0.25, -0.2) is 4.39 Å². The molecule has 0 spiro atoms. The van der Waals surface area contributed by atoms with Gasteiger partial charge in [-0.1, -0.05) is 17.7 Å². The van der Waals surface area contributed by atoms with Crippen LogP contribution in [0.4, 0.5) is 4.39 Å². The minimum Gasteiger partial charge on any atom is -0.338 e. The molecule has 1 aliphatic rings. The fourth-order valence-corrected chi connectivity index (χ4v) is 2.01. The van der Waals surface area contributed by atoms with Gasteiger partial charge in [0.1, 0.15) is 11.6 Å². The average Bonchev–Trinajstić information content (AvgIpc) is 2.33. The molecule has 0 aromatic heterocycles. The van der Waals surface area contributed by atoms with Gasteiger partial charge in [-0.2, -0.15) is 0 Å². The van der Waals surface area contributed by atoms with Gasteiger partial charge < -0.3 is 4.90 Å². The zero-order valence-corrected chi connectivity index (χ0v) is 9.84. The normalized spacial score (nSPS) is 16.1. The zero-order valence-electron chi connectivity index (χ0n) is 9.08. The molecule has 5 heteroatoms. The van der Waals surface area contributed by atoms with Crippen LogP contribution in [0, 0.1) is 5.82 Å². The van der Waals surface area contributed by atoms with Gasteiger partial charge in [-0.15, -0.1) is 0 Å². The van der Waals surface area contributed by atoms with Gasteiger partial charge in [0.2, 0.25) is 0 Å². The van der Waals surface area contributed by atoms with Gasteiger partial charge in [-0.3, -0.25) is 9.59 Å². The van der Waals surface area contributed by atoms with E-state index in [9.17, 15) is 14.0 Å². The number of amides is 1. The molecule has 1 amide bonds. The molecule has 1 aliphatic heterocycles. The van der Waals surface area contributed by atoms with Crippen LogP contribution in [0.3, 0.4) is 0 Å². The van der Waals surface area contributed by atoms with E-state index in [1.54, 1.807) is 0 Å². The minimum absolute atomic E-state index is 0.152. The summed E-state index contributed by atoms with van der Waals surface area (Å²) in [6.07, 6.45) is 0.720. The molecule has 0 N–H and O–H groups in total. The maximum absolute atomic E-state index is 13.2. The van der Waals surface area contributed by atoms with Crippen molar-refractivity contribution in [3.63, 3.8) is 0 Å². The molecule has 90 valence electrons. The van der Waals surface area contributed by atoms with Crippen molar-refractivity contribution in [3.8, 4) is 0 Å². The van der Waals surface area contributed by atoms with Gasteiger partial charge in [0.05, 0.1) is 10.6 Å². The Labute approximate surface area is 103 Å². The van der Waals surface area contributed by atoms with Crippen LogP contribution in [0.2, 0.25) is 5.02 Å². The number of carbonyl (C=O) groups excluding carboxylic acids is 2. The van der Waals surface area contributed by atoms with Gasteiger partial charge in [-0.05, 0) is 12.1 Å². The number of rotatable bonds is 1. The summed E-state index contributed by atoms with van der Waals surface area (Å²) >= 11 is 5.75. The van der Waals surface area contributed by atoms with Crippen molar-refractivity contribution in [2.75, 3.05) is 13.1 Å². The van der Waals surface area contributed by atoms with Crippen molar-refractivity contribution in [1.82, 2.24) is 4.90 Å². The van der Waals surface area contributed by atoms with Crippen molar-refractivity contribution in [1.29, 1.82) is 0 Å². The van der Waals surface area contributed by atoms with Gasteiger partial charge in [0, 0.05) is 25.9 Å². The summed E-state index contributed by atoms with van der Waals surface area (Å²) in [5.74, 6) is -0.771. The molecule has 0 atom stereocenters. The number of benzene rings is 1. The number of likely N-dealkylation sites (tertiary alicyclic amines) is 1. The van der Waals surface area contributed by atoms with E-state index in [2.05, 4.69) is 0 Å². The maximum atomic E-state index is 13.2. The SMILES string of the molecule is O=C1CCN(C(=O)c2cccc(F)c2Cl)CC1. The molecular formula is C12H11ClFNO2. The lowest BCUT2D eigenvalue weighted by Crippen LogP contribution is -2.38. The molecule has 3 nitrogen and oxygen atoms in total. The number of hydrogen-bond acceptors (Lipinski definition) is 2. The molecule has 1 aromatic rings. The molecule has 0 radical (unpaired) electrons. The first-order chi connectivity index (χ1) is 8.09. The fourth-order valence-electron chi connectivity index (χ4n) is 1.80. The van der Waals surface area contributed by atoms with Crippen molar-refractivity contribution in [3.05, 3.63) is 34.6 Å². The van der Waals surface area contributed by atoms with Crippen molar-refractivity contribution >= 4 is 23.3 Å². The van der Waals surface area contributed by atoms with E-state index in [0.717, 1.165) is 0 Å². The maximum Gasteiger partial charge on any atom is 0.255 e. The topological polar surface area (TPSA) is 37.4 Å². The van der Waals surface area contributed by atoms with Crippen LogP contribution in [-0.2, 0) is 4.79 Å². The Bertz CT molecular complexity index is 466. The summed E-state index contributed by atoms with van der Waals surface area (Å²) in [6.45, 7) is 0.759. The Balaban J connectivity index is 2.20.